The lowest BCUT2D eigenvalue weighted by Crippen LogP contribution is -2.44. The molecule has 3 rings (SSSR count). The smallest absolute Gasteiger partial charge is 0.226 e. The van der Waals surface area contributed by atoms with Crippen LogP contribution >= 0.6 is 0 Å². The van der Waals surface area contributed by atoms with Crippen LogP contribution in [0.1, 0.15) is 37.7 Å². The van der Waals surface area contributed by atoms with Crippen molar-refractivity contribution < 1.29 is 14.3 Å². The summed E-state index contributed by atoms with van der Waals surface area (Å²) in [6.45, 7) is 5.25. The van der Waals surface area contributed by atoms with Gasteiger partial charge in [0.2, 0.25) is 5.91 Å². The molecule has 0 bridgehead atoms. The molecule has 1 heterocycles. The maximum atomic E-state index is 13.1. The van der Waals surface area contributed by atoms with Crippen LogP contribution < -0.4 is 4.74 Å². The van der Waals surface area contributed by atoms with Gasteiger partial charge in [-0.1, -0.05) is 30.4 Å². The Morgan fingerprint density at radius 1 is 1.14 bits per heavy atom. The Labute approximate surface area is 175 Å². The number of allylic oxidation sites excluding steroid dienone is 2. The summed E-state index contributed by atoms with van der Waals surface area (Å²) in [5.74, 6) is 2.02. The normalized spacial score (nSPS) is 20.6. The average molecular weight is 401 g/mol. The van der Waals surface area contributed by atoms with E-state index in [0.29, 0.717) is 25.0 Å². The van der Waals surface area contributed by atoms with E-state index >= 15 is 0 Å². The van der Waals surface area contributed by atoms with E-state index in [2.05, 4.69) is 34.1 Å². The number of ether oxygens (including phenoxy) is 2. The SMILES string of the molecule is COCCN(CC1CCN(Cc2ccccc2OC)CC1)C(=O)[C@@H]1CC=CCC1. The number of benzene rings is 1. The monoisotopic (exact) mass is 400 g/mol. The number of para-hydroxylation sites is 1. The van der Waals surface area contributed by atoms with Gasteiger partial charge in [0.05, 0.1) is 13.7 Å². The Bertz CT molecular complexity index is 668. The Morgan fingerprint density at radius 3 is 2.62 bits per heavy atom. The van der Waals surface area contributed by atoms with Crippen LogP contribution in [-0.4, -0.2) is 62.7 Å². The van der Waals surface area contributed by atoms with Crippen LogP contribution in [0, 0.1) is 11.8 Å². The van der Waals surface area contributed by atoms with Crippen LogP contribution in [0.5, 0.6) is 5.75 Å². The first-order valence-corrected chi connectivity index (χ1v) is 11.0. The van der Waals surface area contributed by atoms with Crippen molar-refractivity contribution >= 4 is 5.91 Å². The summed E-state index contributed by atoms with van der Waals surface area (Å²) in [5, 5.41) is 0. The van der Waals surface area contributed by atoms with Gasteiger partial charge < -0.3 is 14.4 Å². The van der Waals surface area contributed by atoms with E-state index < -0.39 is 0 Å². The number of carbonyl (C=O) groups excluding carboxylic acids is 1. The molecule has 1 aromatic carbocycles. The predicted molar refractivity (Wildman–Crippen MR) is 116 cm³/mol. The lowest BCUT2D eigenvalue weighted by atomic mass is 9.91. The molecule has 160 valence electrons. The topological polar surface area (TPSA) is 42.0 Å². The number of hydrogen-bond acceptors (Lipinski definition) is 4. The first kappa shape index (κ1) is 21.8. The molecule has 5 heteroatoms. The highest BCUT2D eigenvalue weighted by Crippen LogP contribution is 2.26. The van der Waals surface area contributed by atoms with Crippen molar-refractivity contribution in [1.29, 1.82) is 0 Å². The van der Waals surface area contributed by atoms with Gasteiger partial charge in [-0.2, -0.15) is 0 Å². The van der Waals surface area contributed by atoms with Crippen molar-refractivity contribution in [2.45, 2.75) is 38.6 Å². The molecule has 1 aliphatic carbocycles. The van der Waals surface area contributed by atoms with Gasteiger partial charge in [0, 0.05) is 38.2 Å². The molecule has 0 spiro atoms. The van der Waals surface area contributed by atoms with Crippen LogP contribution in [0.25, 0.3) is 0 Å². The molecule has 1 fully saturated rings. The molecular weight excluding hydrogens is 364 g/mol. The zero-order valence-corrected chi connectivity index (χ0v) is 18.0. The fourth-order valence-electron chi connectivity index (χ4n) is 4.48. The van der Waals surface area contributed by atoms with Crippen molar-refractivity contribution in [2.24, 2.45) is 11.8 Å². The highest BCUT2D eigenvalue weighted by molar-refractivity contribution is 5.79. The van der Waals surface area contributed by atoms with Gasteiger partial charge in [-0.25, -0.2) is 0 Å². The Hall–Kier alpha value is -1.85. The number of nitrogens with zero attached hydrogens (tertiary/aromatic N) is 2. The molecule has 5 nitrogen and oxygen atoms in total. The van der Waals surface area contributed by atoms with Gasteiger partial charge in [-0.05, 0) is 57.2 Å². The number of carbonyl (C=O) groups is 1. The standard InChI is InChI=1S/C24H36N2O3/c1-28-17-16-26(24(27)21-8-4-3-5-9-21)18-20-12-14-25(15-13-20)19-22-10-6-7-11-23(22)29-2/h3-4,6-7,10-11,20-21H,5,8-9,12-19H2,1-2H3/t21-/m1/s1. The predicted octanol–water partition coefficient (Wildman–Crippen LogP) is 3.74. The Balaban J connectivity index is 1.51. The largest absolute Gasteiger partial charge is 0.496 e. The van der Waals surface area contributed by atoms with E-state index in [4.69, 9.17) is 9.47 Å². The van der Waals surface area contributed by atoms with Crippen LogP contribution in [0.3, 0.4) is 0 Å². The molecule has 0 aromatic heterocycles. The molecule has 0 unspecified atom stereocenters. The van der Waals surface area contributed by atoms with Crippen molar-refractivity contribution in [3.05, 3.63) is 42.0 Å². The second kappa shape index (κ2) is 11.4. The Kier molecular flexibility index (Phi) is 8.56. The summed E-state index contributed by atoms with van der Waals surface area (Å²) in [4.78, 5) is 17.6. The van der Waals surface area contributed by atoms with Gasteiger partial charge in [0.25, 0.3) is 0 Å². The average Bonchev–Trinajstić information content (AvgIpc) is 2.78. The summed E-state index contributed by atoms with van der Waals surface area (Å²) in [5.41, 5.74) is 1.25. The van der Waals surface area contributed by atoms with Gasteiger partial charge in [-0.3, -0.25) is 9.69 Å². The molecule has 2 aliphatic rings. The number of hydrogen-bond donors (Lipinski definition) is 0. The molecule has 1 atom stereocenters. The van der Waals surface area contributed by atoms with E-state index in [1.165, 1.54) is 5.56 Å². The lowest BCUT2D eigenvalue weighted by Gasteiger charge is -2.36. The number of likely N-dealkylation sites (tertiary alicyclic amines) is 1. The molecule has 0 radical (unpaired) electrons. The molecule has 1 amide bonds. The van der Waals surface area contributed by atoms with Gasteiger partial charge in [0.15, 0.2) is 0 Å². The van der Waals surface area contributed by atoms with Crippen molar-refractivity contribution in [2.75, 3.05) is 47.0 Å². The summed E-state index contributed by atoms with van der Waals surface area (Å²) in [7, 11) is 3.45. The zero-order valence-electron chi connectivity index (χ0n) is 18.0. The number of amides is 1. The van der Waals surface area contributed by atoms with Crippen molar-refractivity contribution in [1.82, 2.24) is 9.80 Å². The number of methoxy groups -OCH3 is 2. The molecular formula is C24H36N2O3. The first-order chi connectivity index (χ1) is 14.2. The van der Waals surface area contributed by atoms with E-state index in [-0.39, 0.29) is 5.92 Å². The highest BCUT2D eigenvalue weighted by atomic mass is 16.5. The maximum absolute atomic E-state index is 13.1. The fraction of sp³-hybridized carbons (Fsp3) is 0.625. The van der Waals surface area contributed by atoms with Crippen molar-refractivity contribution in [3.8, 4) is 5.75 Å². The summed E-state index contributed by atoms with van der Waals surface area (Å²) in [6.07, 6.45) is 9.52. The van der Waals surface area contributed by atoms with Gasteiger partial charge >= 0.3 is 0 Å². The van der Waals surface area contributed by atoms with Crippen LogP contribution in [0.15, 0.2) is 36.4 Å². The third-order valence-corrected chi connectivity index (χ3v) is 6.27. The maximum Gasteiger partial charge on any atom is 0.226 e. The molecule has 1 aliphatic heterocycles. The minimum Gasteiger partial charge on any atom is -0.496 e. The van der Waals surface area contributed by atoms with Crippen molar-refractivity contribution in [3.63, 3.8) is 0 Å². The van der Waals surface area contributed by atoms with E-state index in [9.17, 15) is 4.79 Å². The quantitative estimate of drug-likeness (QED) is 0.592. The molecule has 1 aromatic rings. The minimum absolute atomic E-state index is 0.155. The number of rotatable bonds is 9. The summed E-state index contributed by atoms with van der Waals surface area (Å²) in [6, 6.07) is 8.27. The highest BCUT2D eigenvalue weighted by Gasteiger charge is 2.28. The second-order valence-corrected chi connectivity index (χ2v) is 8.29. The summed E-state index contributed by atoms with van der Waals surface area (Å²) >= 11 is 0. The third kappa shape index (κ3) is 6.31. The zero-order chi connectivity index (χ0) is 20.5. The van der Waals surface area contributed by atoms with Gasteiger partial charge in [-0.15, -0.1) is 0 Å². The summed E-state index contributed by atoms with van der Waals surface area (Å²) < 4.78 is 10.8. The van der Waals surface area contributed by atoms with Gasteiger partial charge in [0.1, 0.15) is 5.75 Å². The van der Waals surface area contributed by atoms with E-state index in [1.54, 1.807) is 14.2 Å². The van der Waals surface area contributed by atoms with Crippen LogP contribution in [0.2, 0.25) is 0 Å². The molecule has 0 N–H and O–H groups in total. The van der Waals surface area contributed by atoms with E-state index in [0.717, 1.165) is 64.0 Å². The fourth-order valence-corrected chi connectivity index (χ4v) is 4.48. The first-order valence-electron chi connectivity index (χ1n) is 11.0. The van der Waals surface area contributed by atoms with Crippen LogP contribution in [-0.2, 0) is 16.1 Å². The lowest BCUT2D eigenvalue weighted by molar-refractivity contribution is -0.137. The Morgan fingerprint density at radius 2 is 1.93 bits per heavy atom. The molecule has 0 saturated carbocycles. The van der Waals surface area contributed by atoms with E-state index in [1.807, 2.05) is 12.1 Å². The molecule has 1 saturated heterocycles. The molecule has 29 heavy (non-hydrogen) atoms. The van der Waals surface area contributed by atoms with Crippen LogP contribution in [0.4, 0.5) is 0 Å². The minimum atomic E-state index is 0.155. The number of piperidine rings is 1. The third-order valence-electron chi connectivity index (χ3n) is 6.27. The second-order valence-electron chi connectivity index (χ2n) is 8.29.